The molecule has 1 amide bonds. The predicted molar refractivity (Wildman–Crippen MR) is 181 cm³/mol. The van der Waals surface area contributed by atoms with Crippen molar-refractivity contribution in [2.75, 3.05) is 23.7 Å². The fourth-order valence-corrected chi connectivity index (χ4v) is 6.94. The zero-order valence-corrected chi connectivity index (χ0v) is 26.6. The van der Waals surface area contributed by atoms with Crippen molar-refractivity contribution >= 4 is 38.3 Å². The average molecular weight is 636 g/mol. The highest BCUT2D eigenvalue weighted by atomic mass is 32.2. The van der Waals surface area contributed by atoms with Crippen LogP contribution in [-0.2, 0) is 35.8 Å². The van der Waals surface area contributed by atoms with Crippen LogP contribution in [0.1, 0.15) is 55.9 Å². The first-order valence-electron chi connectivity index (χ1n) is 15.5. The van der Waals surface area contributed by atoms with Gasteiger partial charge in [0.2, 0.25) is 10.0 Å². The van der Waals surface area contributed by atoms with Crippen LogP contribution in [0.2, 0.25) is 0 Å². The molecule has 0 fully saturated rings. The van der Waals surface area contributed by atoms with Gasteiger partial charge in [0.05, 0.1) is 31.6 Å². The number of hydrogen-bond acceptors (Lipinski definition) is 5. The van der Waals surface area contributed by atoms with Crippen LogP contribution in [0, 0.1) is 0 Å². The minimum absolute atomic E-state index is 0.136. The van der Waals surface area contributed by atoms with Crippen LogP contribution in [0.3, 0.4) is 0 Å². The van der Waals surface area contributed by atoms with Crippen molar-refractivity contribution in [1.29, 1.82) is 0 Å². The van der Waals surface area contributed by atoms with Crippen LogP contribution in [-0.4, -0.2) is 44.5 Å². The number of nitrogens with zero attached hydrogens (tertiary/aromatic N) is 1. The number of aromatic nitrogens is 1. The summed E-state index contributed by atoms with van der Waals surface area (Å²) in [7, 11) is -3.62. The molecule has 0 spiro atoms. The quantitative estimate of drug-likeness (QED) is 0.158. The van der Waals surface area contributed by atoms with E-state index >= 15 is 0 Å². The van der Waals surface area contributed by atoms with Gasteiger partial charge in [0, 0.05) is 40.2 Å². The highest BCUT2D eigenvalue weighted by molar-refractivity contribution is 7.92. The normalized spacial score (nSPS) is 12.8. The molecule has 2 N–H and O–H groups in total. The van der Waals surface area contributed by atoms with Crippen LogP contribution in [0.15, 0.2) is 97.1 Å². The molecule has 8 nitrogen and oxygen atoms in total. The van der Waals surface area contributed by atoms with Crippen molar-refractivity contribution in [3.05, 3.63) is 131 Å². The number of Topliss-reactive ketones (excluding diaryl/α,β-unsaturated/α-hetero) is 1. The van der Waals surface area contributed by atoms with E-state index in [1.165, 1.54) is 33.8 Å². The summed E-state index contributed by atoms with van der Waals surface area (Å²) in [5.41, 5.74) is 6.66. The van der Waals surface area contributed by atoms with E-state index in [1.807, 2.05) is 54.6 Å². The van der Waals surface area contributed by atoms with Crippen molar-refractivity contribution in [3.8, 4) is 5.75 Å². The van der Waals surface area contributed by atoms with Crippen LogP contribution >= 0.6 is 0 Å². The number of benzene rings is 4. The van der Waals surface area contributed by atoms with Crippen molar-refractivity contribution in [3.63, 3.8) is 0 Å². The molecule has 5 aromatic rings. The molecule has 0 radical (unpaired) electrons. The summed E-state index contributed by atoms with van der Waals surface area (Å²) in [5, 5.41) is 4.01. The van der Waals surface area contributed by atoms with Gasteiger partial charge in [-0.3, -0.25) is 13.9 Å². The standard InChI is InChI=1S/C37H37N3O5S/c1-46(43,44)40(25-26-10-3-2-4-11-26)29-14-9-13-28(22-29)36(41)24-38-37(42)31-15-6-5-12-27(31)20-21-45-30-18-19-33-32-16-7-8-17-34(32)39-35(33)23-30/h2-6,9-15,18-19,22-23,39H,7-8,16-17,20-21,24-25H2,1H3,(H,38,42). The SMILES string of the molecule is CS(=O)(=O)N(Cc1ccccc1)c1cccc(C(=O)CNC(=O)c2ccccc2CCOc2ccc3c4c([nH]c3c2)CCCC4)c1. The first-order valence-corrected chi connectivity index (χ1v) is 17.4. The molecule has 0 saturated carbocycles. The second-order valence-corrected chi connectivity index (χ2v) is 13.6. The molecular weight excluding hydrogens is 598 g/mol. The maximum absolute atomic E-state index is 13.2. The fraction of sp³-hybridized carbons (Fsp3) is 0.243. The molecule has 0 bridgehead atoms. The van der Waals surface area contributed by atoms with Gasteiger partial charge in [0.1, 0.15) is 5.75 Å². The molecule has 1 aliphatic carbocycles. The number of carbonyl (C=O) groups is 2. The smallest absolute Gasteiger partial charge is 0.251 e. The molecule has 46 heavy (non-hydrogen) atoms. The number of amides is 1. The minimum atomic E-state index is -3.62. The van der Waals surface area contributed by atoms with E-state index < -0.39 is 10.0 Å². The molecule has 0 saturated heterocycles. The Labute approximate surface area is 269 Å². The van der Waals surface area contributed by atoms with E-state index in [-0.39, 0.29) is 24.8 Å². The first kappa shape index (κ1) is 31.1. The lowest BCUT2D eigenvalue weighted by Gasteiger charge is -2.23. The molecule has 0 unspecified atom stereocenters. The average Bonchev–Trinajstić information content (AvgIpc) is 3.44. The largest absolute Gasteiger partial charge is 0.493 e. The molecule has 6 rings (SSSR count). The van der Waals surface area contributed by atoms with Crippen molar-refractivity contribution in [2.45, 2.75) is 38.6 Å². The molecule has 1 aliphatic rings. The number of hydrogen-bond donors (Lipinski definition) is 2. The number of H-pyrrole nitrogens is 1. The fourth-order valence-electron chi connectivity index (χ4n) is 6.06. The van der Waals surface area contributed by atoms with Gasteiger partial charge < -0.3 is 15.0 Å². The zero-order chi connectivity index (χ0) is 32.1. The lowest BCUT2D eigenvalue weighted by molar-refractivity contribution is 0.0903. The molecule has 0 atom stereocenters. The van der Waals surface area contributed by atoms with Gasteiger partial charge in [-0.25, -0.2) is 8.42 Å². The van der Waals surface area contributed by atoms with Crippen LogP contribution in [0.25, 0.3) is 10.9 Å². The number of aromatic amines is 1. The zero-order valence-electron chi connectivity index (χ0n) is 25.8. The van der Waals surface area contributed by atoms with Crippen LogP contribution in [0.5, 0.6) is 5.75 Å². The Morgan fingerprint density at radius 3 is 2.50 bits per heavy atom. The molecule has 1 aromatic heterocycles. The van der Waals surface area contributed by atoms with Crippen LogP contribution < -0.4 is 14.4 Å². The monoisotopic (exact) mass is 635 g/mol. The van der Waals surface area contributed by atoms with E-state index in [2.05, 4.69) is 16.4 Å². The maximum atomic E-state index is 13.2. The first-order chi connectivity index (χ1) is 22.3. The predicted octanol–water partition coefficient (Wildman–Crippen LogP) is 6.25. The van der Waals surface area contributed by atoms with Gasteiger partial charge in [-0.2, -0.15) is 0 Å². The second-order valence-electron chi connectivity index (χ2n) is 11.7. The molecule has 4 aromatic carbocycles. The van der Waals surface area contributed by atoms with E-state index in [1.54, 1.807) is 36.4 Å². The summed E-state index contributed by atoms with van der Waals surface area (Å²) in [6.45, 7) is 0.295. The van der Waals surface area contributed by atoms with Gasteiger partial charge in [0.25, 0.3) is 5.91 Å². The highest BCUT2D eigenvalue weighted by Gasteiger charge is 2.20. The Morgan fingerprint density at radius 2 is 1.67 bits per heavy atom. The molecular formula is C37H37N3O5S. The number of rotatable bonds is 12. The number of fused-ring (bicyclic) bond motifs is 3. The number of anilines is 1. The number of sulfonamides is 1. The minimum Gasteiger partial charge on any atom is -0.493 e. The van der Waals surface area contributed by atoms with E-state index in [9.17, 15) is 18.0 Å². The second kappa shape index (κ2) is 13.6. The summed E-state index contributed by atoms with van der Waals surface area (Å²) in [4.78, 5) is 29.9. The summed E-state index contributed by atoms with van der Waals surface area (Å²) in [5.74, 6) is 0.0879. The summed E-state index contributed by atoms with van der Waals surface area (Å²) >= 11 is 0. The number of ether oxygens (including phenoxy) is 1. The number of ketones is 1. The Balaban J connectivity index is 1.07. The van der Waals surface area contributed by atoms with Crippen molar-refractivity contribution < 1.29 is 22.7 Å². The third-order valence-corrected chi connectivity index (χ3v) is 9.55. The Bertz CT molecular complexity index is 1990. The van der Waals surface area contributed by atoms with Gasteiger partial charge in [-0.15, -0.1) is 0 Å². The van der Waals surface area contributed by atoms with E-state index in [4.69, 9.17) is 4.74 Å². The lowest BCUT2D eigenvalue weighted by atomic mass is 9.96. The highest BCUT2D eigenvalue weighted by Crippen LogP contribution is 2.31. The number of aryl methyl sites for hydroxylation is 2. The summed E-state index contributed by atoms with van der Waals surface area (Å²) < 4.78 is 32.6. The van der Waals surface area contributed by atoms with E-state index in [0.29, 0.717) is 29.8 Å². The summed E-state index contributed by atoms with van der Waals surface area (Å²) in [6.07, 6.45) is 6.31. The third-order valence-electron chi connectivity index (χ3n) is 8.41. The lowest BCUT2D eigenvalue weighted by Crippen LogP contribution is -2.31. The topological polar surface area (TPSA) is 109 Å². The Kier molecular flexibility index (Phi) is 9.21. The van der Waals surface area contributed by atoms with Gasteiger partial charge in [-0.05, 0) is 72.7 Å². The Morgan fingerprint density at radius 1 is 0.891 bits per heavy atom. The van der Waals surface area contributed by atoms with E-state index in [0.717, 1.165) is 41.5 Å². The summed E-state index contributed by atoms with van der Waals surface area (Å²) in [6, 6.07) is 29.2. The molecule has 9 heteroatoms. The van der Waals surface area contributed by atoms with Gasteiger partial charge in [0.15, 0.2) is 5.78 Å². The third kappa shape index (κ3) is 7.15. The number of nitrogens with one attached hydrogen (secondary N) is 2. The Hall–Kier alpha value is -4.89. The maximum Gasteiger partial charge on any atom is 0.251 e. The van der Waals surface area contributed by atoms with Gasteiger partial charge >= 0.3 is 0 Å². The molecule has 0 aliphatic heterocycles. The van der Waals surface area contributed by atoms with Crippen LogP contribution in [0.4, 0.5) is 5.69 Å². The molecule has 1 heterocycles. The van der Waals surface area contributed by atoms with Gasteiger partial charge in [-0.1, -0.05) is 60.7 Å². The number of carbonyl (C=O) groups excluding carboxylic acids is 2. The van der Waals surface area contributed by atoms with Crippen molar-refractivity contribution in [1.82, 2.24) is 10.3 Å². The molecule has 236 valence electrons. The van der Waals surface area contributed by atoms with Crippen molar-refractivity contribution in [2.24, 2.45) is 0 Å².